The van der Waals surface area contributed by atoms with Crippen molar-refractivity contribution < 1.29 is 14.3 Å². The molecule has 5 heteroatoms. The van der Waals surface area contributed by atoms with Crippen molar-refractivity contribution >= 4 is 5.97 Å². The maximum atomic E-state index is 11.4. The summed E-state index contributed by atoms with van der Waals surface area (Å²) < 4.78 is 10.2. The average Bonchev–Trinajstić information content (AvgIpc) is 2.29. The quantitative estimate of drug-likeness (QED) is 0.506. The van der Waals surface area contributed by atoms with Crippen molar-refractivity contribution in [2.45, 2.75) is 25.9 Å². The van der Waals surface area contributed by atoms with Gasteiger partial charge in [-0.25, -0.2) is 0 Å². The molecule has 0 spiro atoms. The van der Waals surface area contributed by atoms with E-state index >= 15 is 0 Å². The zero-order chi connectivity index (χ0) is 11.8. The highest BCUT2D eigenvalue weighted by Crippen LogP contribution is 2.04. The fraction of sp³-hybridized carbons (Fsp3) is 0.818. The summed E-state index contributed by atoms with van der Waals surface area (Å²) >= 11 is 0. The molecule has 0 amide bonds. The molecule has 0 aromatic heterocycles. The Balaban J connectivity index is 2.20. The predicted octanol–water partition coefficient (Wildman–Crippen LogP) is 0.554. The van der Waals surface area contributed by atoms with Crippen LogP contribution in [0.5, 0.6) is 0 Å². The summed E-state index contributed by atoms with van der Waals surface area (Å²) in [5.41, 5.74) is 0. The van der Waals surface area contributed by atoms with E-state index in [1.807, 2.05) is 17.9 Å². The summed E-state index contributed by atoms with van der Waals surface area (Å²) in [5.74, 6) is -0.216. The third-order valence-corrected chi connectivity index (χ3v) is 2.41. The van der Waals surface area contributed by atoms with E-state index in [1.165, 1.54) is 0 Å². The average molecular weight is 226 g/mol. The van der Waals surface area contributed by atoms with Crippen LogP contribution in [0.15, 0.2) is 0 Å². The Bertz CT molecular complexity index is 262. The number of morpholine rings is 1. The normalized spacial score (nSPS) is 21.4. The molecule has 1 atom stereocenters. The van der Waals surface area contributed by atoms with Crippen LogP contribution in [-0.4, -0.2) is 49.8 Å². The number of nitriles is 1. The highest BCUT2D eigenvalue weighted by atomic mass is 16.5. The van der Waals surface area contributed by atoms with Gasteiger partial charge in [0.1, 0.15) is 0 Å². The maximum absolute atomic E-state index is 11.4. The van der Waals surface area contributed by atoms with Gasteiger partial charge in [-0.1, -0.05) is 13.3 Å². The van der Waals surface area contributed by atoms with Crippen molar-refractivity contribution in [1.82, 2.24) is 4.90 Å². The first-order valence-electron chi connectivity index (χ1n) is 5.65. The summed E-state index contributed by atoms with van der Waals surface area (Å²) in [6.45, 7) is 4.46. The molecule has 0 aromatic rings. The zero-order valence-corrected chi connectivity index (χ0v) is 9.65. The van der Waals surface area contributed by atoms with Crippen LogP contribution in [-0.2, 0) is 14.3 Å². The largest absolute Gasteiger partial charge is 0.465 e. The fourth-order valence-corrected chi connectivity index (χ4v) is 1.48. The first-order valence-corrected chi connectivity index (χ1v) is 5.65. The van der Waals surface area contributed by atoms with Gasteiger partial charge in [0.25, 0.3) is 0 Å². The van der Waals surface area contributed by atoms with Gasteiger partial charge in [0.2, 0.25) is 0 Å². The van der Waals surface area contributed by atoms with Crippen molar-refractivity contribution in [1.29, 1.82) is 5.26 Å². The maximum Gasteiger partial charge on any atom is 0.320 e. The lowest BCUT2D eigenvalue weighted by Gasteiger charge is -2.28. The second-order valence-electron chi connectivity index (χ2n) is 3.80. The van der Waals surface area contributed by atoms with E-state index in [0.29, 0.717) is 26.3 Å². The summed E-state index contributed by atoms with van der Waals surface area (Å²) in [5, 5.41) is 8.70. The molecule has 1 rings (SSSR count). The smallest absolute Gasteiger partial charge is 0.320 e. The molecule has 1 unspecified atom stereocenters. The summed E-state index contributed by atoms with van der Waals surface area (Å²) in [7, 11) is 0. The Hall–Kier alpha value is -1.12. The van der Waals surface area contributed by atoms with Gasteiger partial charge >= 0.3 is 5.97 Å². The molecule has 0 radical (unpaired) electrons. The minimum Gasteiger partial charge on any atom is -0.465 e. The summed E-state index contributed by atoms with van der Waals surface area (Å²) in [4.78, 5) is 13.3. The van der Waals surface area contributed by atoms with Gasteiger partial charge in [-0.05, 0) is 6.42 Å². The monoisotopic (exact) mass is 226 g/mol. The van der Waals surface area contributed by atoms with Crippen LogP contribution in [0.4, 0.5) is 0 Å². The molecule has 0 aliphatic carbocycles. The van der Waals surface area contributed by atoms with Crippen molar-refractivity contribution in [3.8, 4) is 6.07 Å². The number of nitrogens with zero attached hydrogens (tertiary/aromatic N) is 2. The highest BCUT2D eigenvalue weighted by Gasteiger charge is 2.21. The first-order chi connectivity index (χ1) is 7.76. The van der Waals surface area contributed by atoms with E-state index in [9.17, 15) is 4.79 Å². The van der Waals surface area contributed by atoms with Crippen molar-refractivity contribution in [2.75, 3.05) is 32.8 Å². The van der Waals surface area contributed by atoms with Gasteiger partial charge in [0, 0.05) is 13.1 Å². The molecule has 1 aliphatic heterocycles. The molecular formula is C11H18N2O3. The zero-order valence-electron chi connectivity index (χ0n) is 9.65. The molecular weight excluding hydrogens is 208 g/mol. The minimum atomic E-state index is -0.419. The SMILES string of the molecule is CCCCOC(=O)CN1CCOC(C#N)C1. The van der Waals surface area contributed by atoms with Crippen LogP contribution in [0.3, 0.4) is 0 Å². The standard InChI is InChI=1S/C11H18N2O3/c1-2-3-5-16-11(14)9-13-4-6-15-10(7-12)8-13/h10H,2-6,8-9H2,1H3. The third-order valence-electron chi connectivity index (χ3n) is 2.41. The van der Waals surface area contributed by atoms with Crippen molar-refractivity contribution in [3.63, 3.8) is 0 Å². The third kappa shape index (κ3) is 4.60. The molecule has 90 valence electrons. The van der Waals surface area contributed by atoms with Crippen LogP contribution in [0.25, 0.3) is 0 Å². The molecule has 0 saturated carbocycles. The predicted molar refractivity (Wildman–Crippen MR) is 57.7 cm³/mol. The Kier molecular flexibility index (Phi) is 5.83. The molecule has 0 N–H and O–H groups in total. The number of carbonyl (C=O) groups excluding carboxylic acids is 1. The van der Waals surface area contributed by atoms with Crippen molar-refractivity contribution in [3.05, 3.63) is 0 Å². The lowest BCUT2D eigenvalue weighted by molar-refractivity contribution is -0.146. The fourth-order valence-electron chi connectivity index (χ4n) is 1.48. The summed E-state index contributed by atoms with van der Waals surface area (Å²) in [6, 6.07) is 2.04. The second-order valence-corrected chi connectivity index (χ2v) is 3.80. The van der Waals surface area contributed by atoms with Gasteiger partial charge in [-0.2, -0.15) is 5.26 Å². The molecule has 1 heterocycles. The number of rotatable bonds is 5. The van der Waals surface area contributed by atoms with Crippen LogP contribution in [0.2, 0.25) is 0 Å². The highest BCUT2D eigenvalue weighted by molar-refractivity contribution is 5.71. The van der Waals surface area contributed by atoms with E-state index < -0.39 is 6.10 Å². The molecule has 1 fully saturated rings. The van der Waals surface area contributed by atoms with E-state index in [2.05, 4.69) is 0 Å². The van der Waals surface area contributed by atoms with E-state index in [-0.39, 0.29) is 12.5 Å². The first kappa shape index (κ1) is 12.9. The number of ether oxygens (including phenoxy) is 2. The van der Waals surface area contributed by atoms with Gasteiger partial charge in [0.15, 0.2) is 6.10 Å². The van der Waals surface area contributed by atoms with E-state index in [0.717, 1.165) is 12.8 Å². The van der Waals surface area contributed by atoms with Gasteiger partial charge < -0.3 is 9.47 Å². The van der Waals surface area contributed by atoms with Gasteiger partial charge in [0.05, 0.1) is 25.8 Å². The Labute approximate surface area is 95.9 Å². The molecule has 0 bridgehead atoms. The molecule has 16 heavy (non-hydrogen) atoms. The molecule has 1 saturated heterocycles. The number of unbranched alkanes of at least 4 members (excludes halogenated alkanes) is 1. The second kappa shape index (κ2) is 7.20. The van der Waals surface area contributed by atoms with Crippen molar-refractivity contribution in [2.24, 2.45) is 0 Å². The molecule has 0 aromatic carbocycles. The lowest BCUT2D eigenvalue weighted by Crippen LogP contribution is -2.44. The Morgan fingerprint density at radius 3 is 3.19 bits per heavy atom. The van der Waals surface area contributed by atoms with E-state index in [4.69, 9.17) is 14.7 Å². The van der Waals surface area contributed by atoms with Crippen LogP contribution >= 0.6 is 0 Å². The Morgan fingerprint density at radius 1 is 1.69 bits per heavy atom. The summed E-state index contributed by atoms with van der Waals surface area (Å²) in [6.07, 6.45) is 1.49. The topological polar surface area (TPSA) is 62.6 Å². The van der Waals surface area contributed by atoms with E-state index in [1.54, 1.807) is 0 Å². The number of hydrogen-bond acceptors (Lipinski definition) is 5. The number of esters is 1. The van der Waals surface area contributed by atoms with Gasteiger partial charge in [-0.3, -0.25) is 9.69 Å². The lowest BCUT2D eigenvalue weighted by atomic mass is 10.3. The number of hydrogen-bond donors (Lipinski definition) is 0. The molecule has 5 nitrogen and oxygen atoms in total. The van der Waals surface area contributed by atoms with Crippen LogP contribution in [0.1, 0.15) is 19.8 Å². The van der Waals surface area contributed by atoms with Crippen LogP contribution in [0, 0.1) is 11.3 Å². The minimum absolute atomic E-state index is 0.216. The number of carbonyl (C=O) groups is 1. The molecule has 1 aliphatic rings. The van der Waals surface area contributed by atoms with Crippen LogP contribution < -0.4 is 0 Å². The van der Waals surface area contributed by atoms with Gasteiger partial charge in [-0.15, -0.1) is 0 Å². The Morgan fingerprint density at radius 2 is 2.50 bits per heavy atom.